The van der Waals surface area contributed by atoms with E-state index in [0.717, 1.165) is 34.4 Å². The summed E-state index contributed by atoms with van der Waals surface area (Å²) < 4.78 is 9.05. The van der Waals surface area contributed by atoms with Gasteiger partial charge in [0.2, 0.25) is 0 Å². The van der Waals surface area contributed by atoms with Crippen molar-refractivity contribution in [1.82, 2.24) is 9.55 Å². The predicted molar refractivity (Wildman–Crippen MR) is 75.7 cm³/mol. The molecule has 4 heteroatoms. The van der Waals surface area contributed by atoms with Crippen molar-refractivity contribution in [2.24, 2.45) is 0 Å². The number of nitrogens with zero attached hydrogens (tertiary/aromatic N) is 2. The van der Waals surface area contributed by atoms with Crippen LogP contribution in [0.1, 0.15) is 24.6 Å². The molecule has 0 saturated heterocycles. The molecular formula is C14H17BrN2O. The second-order valence-corrected chi connectivity index (χ2v) is 5.19. The highest BCUT2D eigenvalue weighted by molar-refractivity contribution is 9.10. The van der Waals surface area contributed by atoms with Gasteiger partial charge in [0.1, 0.15) is 12.4 Å². The molecule has 1 aromatic heterocycles. The van der Waals surface area contributed by atoms with Crippen molar-refractivity contribution in [3.63, 3.8) is 0 Å². The summed E-state index contributed by atoms with van der Waals surface area (Å²) in [5.74, 6) is 0.919. The molecule has 0 atom stereocenters. The summed E-state index contributed by atoms with van der Waals surface area (Å²) in [5.41, 5.74) is 2.24. The number of benzene rings is 1. The van der Waals surface area contributed by atoms with Gasteiger partial charge in [-0.2, -0.15) is 0 Å². The smallest absolute Gasteiger partial charge is 0.130 e. The summed E-state index contributed by atoms with van der Waals surface area (Å²) in [4.78, 5) is 4.17. The predicted octanol–water partition coefficient (Wildman–Crippen LogP) is 3.94. The van der Waals surface area contributed by atoms with Gasteiger partial charge in [-0.25, -0.2) is 4.98 Å². The van der Waals surface area contributed by atoms with Crippen molar-refractivity contribution in [2.75, 3.05) is 0 Å². The Hall–Kier alpha value is -1.29. The molecule has 0 amide bonds. The molecule has 0 aliphatic carbocycles. The topological polar surface area (TPSA) is 27.1 Å². The fourth-order valence-corrected chi connectivity index (χ4v) is 2.31. The fourth-order valence-electron chi connectivity index (χ4n) is 1.84. The Balaban J connectivity index is 2.04. The van der Waals surface area contributed by atoms with Crippen LogP contribution in [0.4, 0.5) is 0 Å². The van der Waals surface area contributed by atoms with E-state index in [2.05, 4.69) is 38.5 Å². The Morgan fingerprint density at radius 3 is 2.94 bits per heavy atom. The Morgan fingerprint density at radius 2 is 2.22 bits per heavy atom. The number of hydrogen-bond acceptors (Lipinski definition) is 2. The molecule has 0 radical (unpaired) electrons. The van der Waals surface area contributed by atoms with Gasteiger partial charge in [-0.3, -0.25) is 0 Å². The molecule has 1 aromatic carbocycles. The van der Waals surface area contributed by atoms with E-state index in [1.54, 1.807) is 0 Å². The molecule has 0 saturated carbocycles. The van der Waals surface area contributed by atoms with Crippen LogP contribution >= 0.6 is 15.9 Å². The molecule has 0 aliphatic heterocycles. The molecule has 0 fully saturated rings. The van der Waals surface area contributed by atoms with Crippen LogP contribution in [0.3, 0.4) is 0 Å². The first-order valence-corrected chi connectivity index (χ1v) is 6.88. The minimum absolute atomic E-state index is 0.558. The van der Waals surface area contributed by atoms with Crippen molar-refractivity contribution < 1.29 is 4.74 Å². The van der Waals surface area contributed by atoms with Crippen molar-refractivity contribution in [3.05, 3.63) is 46.5 Å². The van der Waals surface area contributed by atoms with Crippen LogP contribution in [0.15, 0.2) is 35.2 Å². The Kier molecular flexibility index (Phi) is 4.42. The first-order valence-electron chi connectivity index (χ1n) is 6.08. The van der Waals surface area contributed by atoms with Crippen LogP contribution in [0, 0.1) is 6.92 Å². The van der Waals surface area contributed by atoms with E-state index < -0.39 is 0 Å². The molecule has 0 bridgehead atoms. The summed E-state index contributed by atoms with van der Waals surface area (Å²) in [7, 11) is 0. The molecule has 96 valence electrons. The van der Waals surface area contributed by atoms with E-state index in [1.165, 1.54) is 0 Å². The molecule has 2 rings (SSSR count). The minimum Gasteiger partial charge on any atom is -0.487 e. The van der Waals surface area contributed by atoms with Crippen LogP contribution in [0.5, 0.6) is 5.75 Å². The standard InChI is InChI=1S/C14H17BrN2O/c1-3-6-17-10-16-8-13(17)9-18-14-5-4-12(15)7-11(14)2/h4-5,7-8,10H,3,6,9H2,1-2H3. The van der Waals surface area contributed by atoms with Gasteiger partial charge in [-0.15, -0.1) is 0 Å². The van der Waals surface area contributed by atoms with E-state index in [-0.39, 0.29) is 0 Å². The van der Waals surface area contributed by atoms with Gasteiger partial charge in [-0.1, -0.05) is 22.9 Å². The van der Waals surface area contributed by atoms with E-state index in [1.807, 2.05) is 31.6 Å². The van der Waals surface area contributed by atoms with Crippen LogP contribution < -0.4 is 4.74 Å². The van der Waals surface area contributed by atoms with Gasteiger partial charge in [-0.05, 0) is 37.1 Å². The number of hydrogen-bond donors (Lipinski definition) is 0. The van der Waals surface area contributed by atoms with Crippen molar-refractivity contribution >= 4 is 15.9 Å². The Morgan fingerprint density at radius 1 is 1.39 bits per heavy atom. The zero-order chi connectivity index (χ0) is 13.0. The zero-order valence-electron chi connectivity index (χ0n) is 10.7. The third-order valence-corrected chi connectivity index (χ3v) is 3.27. The van der Waals surface area contributed by atoms with Crippen LogP contribution in [0.2, 0.25) is 0 Å². The van der Waals surface area contributed by atoms with Crippen LogP contribution in [-0.2, 0) is 13.2 Å². The highest BCUT2D eigenvalue weighted by Gasteiger charge is 2.04. The second kappa shape index (κ2) is 6.05. The van der Waals surface area contributed by atoms with Gasteiger partial charge in [0, 0.05) is 11.0 Å². The van der Waals surface area contributed by atoms with Gasteiger partial charge in [0.25, 0.3) is 0 Å². The van der Waals surface area contributed by atoms with Gasteiger partial charge in [0.05, 0.1) is 18.2 Å². The summed E-state index contributed by atoms with van der Waals surface area (Å²) in [6.07, 6.45) is 4.82. The van der Waals surface area contributed by atoms with Crippen LogP contribution in [-0.4, -0.2) is 9.55 Å². The van der Waals surface area contributed by atoms with Crippen molar-refractivity contribution in [3.8, 4) is 5.75 Å². The highest BCUT2D eigenvalue weighted by atomic mass is 79.9. The minimum atomic E-state index is 0.558. The Labute approximate surface area is 116 Å². The quantitative estimate of drug-likeness (QED) is 0.836. The number of halogens is 1. The molecular weight excluding hydrogens is 292 g/mol. The lowest BCUT2D eigenvalue weighted by atomic mass is 10.2. The third kappa shape index (κ3) is 3.13. The van der Waals surface area contributed by atoms with E-state index in [9.17, 15) is 0 Å². The molecule has 0 N–H and O–H groups in total. The average Bonchev–Trinajstić information content (AvgIpc) is 2.76. The number of ether oxygens (including phenoxy) is 1. The fraction of sp³-hybridized carbons (Fsp3) is 0.357. The normalized spacial score (nSPS) is 10.6. The summed E-state index contributed by atoms with van der Waals surface area (Å²) in [6, 6.07) is 6.03. The molecule has 3 nitrogen and oxygen atoms in total. The summed E-state index contributed by atoms with van der Waals surface area (Å²) in [5, 5.41) is 0. The largest absolute Gasteiger partial charge is 0.487 e. The van der Waals surface area contributed by atoms with Gasteiger partial charge >= 0.3 is 0 Å². The molecule has 1 heterocycles. The average molecular weight is 309 g/mol. The van der Waals surface area contributed by atoms with E-state index in [4.69, 9.17) is 4.74 Å². The van der Waals surface area contributed by atoms with E-state index in [0.29, 0.717) is 6.61 Å². The van der Waals surface area contributed by atoms with Crippen molar-refractivity contribution in [2.45, 2.75) is 33.4 Å². The maximum atomic E-state index is 5.84. The maximum Gasteiger partial charge on any atom is 0.130 e. The van der Waals surface area contributed by atoms with Crippen LogP contribution in [0.25, 0.3) is 0 Å². The number of aryl methyl sites for hydroxylation is 2. The van der Waals surface area contributed by atoms with Crippen molar-refractivity contribution in [1.29, 1.82) is 0 Å². The molecule has 18 heavy (non-hydrogen) atoms. The zero-order valence-corrected chi connectivity index (χ0v) is 12.3. The molecule has 2 aromatic rings. The monoisotopic (exact) mass is 308 g/mol. The highest BCUT2D eigenvalue weighted by Crippen LogP contribution is 2.23. The lowest BCUT2D eigenvalue weighted by molar-refractivity contribution is 0.292. The summed E-state index contributed by atoms with van der Waals surface area (Å²) in [6.45, 7) is 5.74. The number of rotatable bonds is 5. The molecule has 0 spiro atoms. The van der Waals surface area contributed by atoms with Gasteiger partial charge in [0.15, 0.2) is 0 Å². The molecule has 0 unspecified atom stereocenters. The molecule has 0 aliphatic rings. The third-order valence-electron chi connectivity index (χ3n) is 2.78. The maximum absolute atomic E-state index is 5.84. The second-order valence-electron chi connectivity index (χ2n) is 4.28. The van der Waals surface area contributed by atoms with Gasteiger partial charge < -0.3 is 9.30 Å². The lowest BCUT2D eigenvalue weighted by Gasteiger charge is -2.11. The number of aromatic nitrogens is 2. The Bertz CT molecular complexity index is 522. The first kappa shape index (κ1) is 13.1. The first-order chi connectivity index (χ1) is 8.70. The lowest BCUT2D eigenvalue weighted by Crippen LogP contribution is -2.05. The van der Waals surface area contributed by atoms with E-state index >= 15 is 0 Å². The SMILES string of the molecule is CCCn1cncc1COc1ccc(Br)cc1C. The summed E-state index contributed by atoms with van der Waals surface area (Å²) >= 11 is 3.45. The number of imidazole rings is 1.